The van der Waals surface area contributed by atoms with Crippen LogP contribution < -0.4 is 19.5 Å². The van der Waals surface area contributed by atoms with Gasteiger partial charge in [0.2, 0.25) is 5.91 Å². The Morgan fingerprint density at radius 2 is 1.27 bits per heavy atom. The lowest BCUT2D eigenvalue weighted by Crippen LogP contribution is -2.25. The molecule has 4 rings (SSSR count). The van der Waals surface area contributed by atoms with Crippen LogP contribution in [0.2, 0.25) is 0 Å². The van der Waals surface area contributed by atoms with Gasteiger partial charge in [-0.25, -0.2) is 0 Å². The van der Waals surface area contributed by atoms with E-state index < -0.39 is 0 Å². The fourth-order valence-corrected chi connectivity index (χ4v) is 3.91. The number of amides is 1. The number of nitrogens with one attached hydrogen (secondary N) is 1. The molecule has 0 aromatic heterocycles. The summed E-state index contributed by atoms with van der Waals surface area (Å²) >= 11 is 0. The van der Waals surface area contributed by atoms with Gasteiger partial charge in [0.15, 0.2) is 11.5 Å². The van der Waals surface area contributed by atoms with Crippen LogP contribution in [-0.4, -0.2) is 19.6 Å². The van der Waals surface area contributed by atoms with Gasteiger partial charge in [-0.1, -0.05) is 78.9 Å². The summed E-state index contributed by atoms with van der Waals surface area (Å²) in [6.07, 6.45) is 1.84. The molecule has 5 heteroatoms. The van der Waals surface area contributed by atoms with Crippen molar-refractivity contribution in [2.75, 3.05) is 13.7 Å². The topological polar surface area (TPSA) is 56.8 Å². The first kappa shape index (κ1) is 25.8. The SMILES string of the molecule is COc1ccc(CCNC(=O)CCc2ccc(OCc3ccccc3)cc2)cc1OCc1ccccc1. The van der Waals surface area contributed by atoms with E-state index in [9.17, 15) is 4.79 Å². The molecule has 0 spiro atoms. The van der Waals surface area contributed by atoms with Gasteiger partial charge in [0.05, 0.1) is 7.11 Å². The molecule has 5 nitrogen and oxygen atoms in total. The van der Waals surface area contributed by atoms with E-state index in [2.05, 4.69) is 5.32 Å². The first-order chi connectivity index (χ1) is 18.2. The maximum Gasteiger partial charge on any atom is 0.220 e. The molecule has 0 radical (unpaired) electrons. The summed E-state index contributed by atoms with van der Waals surface area (Å²) in [7, 11) is 1.63. The van der Waals surface area contributed by atoms with Crippen LogP contribution in [0.5, 0.6) is 17.2 Å². The average Bonchev–Trinajstić information content (AvgIpc) is 2.95. The molecule has 37 heavy (non-hydrogen) atoms. The number of methoxy groups -OCH3 is 1. The van der Waals surface area contributed by atoms with E-state index in [0.717, 1.165) is 28.0 Å². The molecule has 0 saturated heterocycles. The number of aryl methyl sites for hydroxylation is 1. The Hall–Kier alpha value is -4.25. The third-order valence-corrected chi connectivity index (χ3v) is 6.01. The monoisotopic (exact) mass is 495 g/mol. The van der Waals surface area contributed by atoms with Gasteiger partial charge >= 0.3 is 0 Å². The average molecular weight is 496 g/mol. The fourth-order valence-electron chi connectivity index (χ4n) is 3.91. The van der Waals surface area contributed by atoms with Crippen molar-refractivity contribution in [2.24, 2.45) is 0 Å². The minimum absolute atomic E-state index is 0.0402. The highest BCUT2D eigenvalue weighted by atomic mass is 16.5. The zero-order valence-corrected chi connectivity index (χ0v) is 21.2. The lowest BCUT2D eigenvalue weighted by atomic mass is 10.1. The Labute approximate surface area is 219 Å². The standard InChI is InChI=1S/C32H33NO4/c1-35-30-18-14-26(22-31(30)37-24-28-10-6-3-7-11-28)20-21-33-32(34)19-15-25-12-16-29(17-13-25)36-23-27-8-4-2-5-9-27/h2-14,16-18,22H,15,19-21,23-24H2,1H3,(H,33,34). The van der Waals surface area contributed by atoms with Crippen molar-refractivity contribution >= 4 is 5.91 Å². The number of hydrogen-bond acceptors (Lipinski definition) is 4. The van der Waals surface area contributed by atoms with E-state index in [1.165, 1.54) is 0 Å². The predicted molar refractivity (Wildman–Crippen MR) is 146 cm³/mol. The van der Waals surface area contributed by atoms with Crippen LogP contribution in [0.3, 0.4) is 0 Å². The summed E-state index contributed by atoms with van der Waals surface area (Å²) in [5, 5.41) is 3.02. The third kappa shape index (κ3) is 8.43. The molecule has 0 heterocycles. The maximum absolute atomic E-state index is 12.4. The molecular weight excluding hydrogens is 462 g/mol. The molecule has 0 aliphatic carbocycles. The number of rotatable bonds is 13. The number of benzene rings is 4. The van der Waals surface area contributed by atoms with Crippen LogP contribution in [0.15, 0.2) is 103 Å². The lowest BCUT2D eigenvalue weighted by molar-refractivity contribution is -0.121. The Bertz CT molecular complexity index is 1240. The predicted octanol–water partition coefficient (Wildman–Crippen LogP) is 6.14. The van der Waals surface area contributed by atoms with Gasteiger partial charge in [-0.3, -0.25) is 4.79 Å². The molecule has 190 valence electrons. The van der Waals surface area contributed by atoms with Crippen molar-refractivity contribution < 1.29 is 19.0 Å². The summed E-state index contributed by atoms with van der Waals surface area (Å²) in [6.45, 7) is 1.57. The zero-order valence-electron chi connectivity index (χ0n) is 21.2. The van der Waals surface area contributed by atoms with E-state index in [0.29, 0.717) is 50.5 Å². The summed E-state index contributed by atoms with van der Waals surface area (Å²) in [4.78, 5) is 12.4. The molecular formula is C32H33NO4. The second kappa shape index (κ2) is 13.7. The Kier molecular flexibility index (Phi) is 9.59. The van der Waals surface area contributed by atoms with Gasteiger partial charge in [-0.05, 0) is 59.4 Å². The molecule has 1 N–H and O–H groups in total. The number of carbonyl (C=O) groups is 1. The van der Waals surface area contributed by atoms with Crippen LogP contribution in [0.1, 0.15) is 28.7 Å². The highest BCUT2D eigenvalue weighted by Gasteiger charge is 2.08. The molecule has 4 aromatic rings. The Balaban J connectivity index is 1.18. The molecule has 0 saturated carbocycles. The van der Waals surface area contributed by atoms with Gasteiger partial charge in [0.25, 0.3) is 0 Å². The van der Waals surface area contributed by atoms with Crippen molar-refractivity contribution in [3.05, 3.63) is 125 Å². The van der Waals surface area contributed by atoms with Gasteiger partial charge in [0.1, 0.15) is 19.0 Å². The summed E-state index contributed by atoms with van der Waals surface area (Å²) in [5.41, 5.74) is 4.42. The van der Waals surface area contributed by atoms with Gasteiger partial charge in [-0.15, -0.1) is 0 Å². The van der Waals surface area contributed by atoms with Crippen molar-refractivity contribution in [3.8, 4) is 17.2 Å². The van der Waals surface area contributed by atoms with E-state index in [1.807, 2.05) is 103 Å². The quantitative estimate of drug-likeness (QED) is 0.242. The van der Waals surface area contributed by atoms with Crippen molar-refractivity contribution in [3.63, 3.8) is 0 Å². The largest absolute Gasteiger partial charge is 0.493 e. The van der Waals surface area contributed by atoms with Gasteiger partial charge in [0, 0.05) is 13.0 Å². The van der Waals surface area contributed by atoms with E-state index >= 15 is 0 Å². The molecule has 0 fully saturated rings. The highest BCUT2D eigenvalue weighted by Crippen LogP contribution is 2.29. The van der Waals surface area contributed by atoms with E-state index in [1.54, 1.807) is 7.11 Å². The molecule has 0 atom stereocenters. The smallest absolute Gasteiger partial charge is 0.220 e. The Morgan fingerprint density at radius 3 is 1.92 bits per heavy atom. The van der Waals surface area contributed by atoms with Crippen LogP contribution in [-0.2, 0) is 30.8 Å². The third-order valence-electron chi connectivity index (χ3n) is 6.01. The number of ether oxygens (including phenoxy) is 3. The molecule has 0 bridgehead atoms. The minimum atomic E-state index is 0.0402. The summed E-state index contributed by atoms with van der Waals surface area (Å²) < 4.78 is 17.3. The van der Waals surface area contributed by atoms with Crippen LogP contribution in [0.25, 0.3) is 0 Å². The maximum atomic E-state index is 12.4. The normalized spacial score (nSPS) is 10.5. The molecule has 0 aliphatic rings. The highest BCUT2D eigenvalue weighted by molar-refractivity contribution is 5.76. The second-order valence-corrected chi connectivity index (χ2v) is 8.78. The van der Waals surface area contributed by atoms with E-state index in [4.69, 9.17) is 14.2 Å². The van der Waals surface area contributed by atoms with Crippen LogP contribution in [0.4, 0.5) is 0 Å². The van der Waals surface area contributed by atoms with Crippen LogP contribution in [0, 0.1) is 0 Å². The molecule has 1 amide bonds. The Morgan fingerprint density at radius 1 is 0.649 bits per heavy atom. The summed E-state index contributed by atoms with van der Waals surface area (Å²) in [6, 6.07) is 33.9. The minimum Gasteiger partial charge on any atom is -0.493 e. The zero-order chi connectivity index (χ0) is 25.7. The lowest BCUT2D eigenvalue weighted by Gasteiger charge is -2.13. The van der Waals surface area contributed by atoms with Crippen molar-refractivity contribution in [1.29, 1.82) is 0 Å². The van der Waals surface area contributed by atoms with Crippen molar-refractivity contribution in [1.82, 2.24) is 5.32 Å². The second-order valence-electron chi connectivity index (χ2n) is 8.78. The number of hydrogen-bond donors (Lipinski definition) is 1. The molecule has 0 aliphatic heterocycles. The first-order valence-corrected chi connectivity index (χ1v) is 12.6. The van der Waals surface area contributed by atoms with Gasteiger partial charge in [-0.2, -0.15) is 0 Å². The number of carbonyl (C=O) groups excluding carboxylic acids is 1. The fraction of sp³-hybridized carbons (Fsp3) is 0.219. The van der Waals surface area contributed by atoms with Gasteiger partial charge < -0.3 is 19.5 Å². The summed E-state index contributed by atoms with van der Waals surface area (Å²) in [5.74, 6) is 2.26. The van der Waals surface area contributed by atoms with E-state index in [-0.39, 0.29) is 5.91 Å². The van der Waals surface area contributed by atoms with Crippen LogP contribution >= 0.6 is 0 Å². The molecule has 4 aromatic carbocycles. The van der Waals surface area contributed by atoms with Crippen molar-refractivity contribution in [2.45, 2.75) is 32.5 Å². The molecule has 0 unspecified atom stereocenters. The first-order valence-electron chi connectivity index (χ1n) is 12.6.